The van der Waals surface area contributed by atoms with E-state index in [1.54, 1.807) is 12.1 Å². The van der Waals surface area contributed by atoms with Crippen LogP contribution in [-0.4, -0.2) is 58.8 Å². The fourth-order valence-electron chi connectivity index (χ4n) is 5.88. The normalized spacial score (nSPS) is 20.1. The number of sulfonamides is 1. The van der Waals surface area contributed by atoms with Crippen LogP contribution in [0.15, 0.2) is 72.8 Å². The number of rotatable bonds is 9. The van der Waals surface area contributed by atoms with Crippen LogP contribution in [-0.2, 0) is 31.6 Å². The summed E-state index contributed by atoms with van der Waals surface area (Å²) in [4.78, 5) is 27.3. The molecule has 2 amide bonds. The molecule has 3 N–H and O–H groups in total. The summed E-state index contributed by atoms with van der Waals surface area (Å²) in [5.74, 6) is -1.30. The Morgan fingerprint density at radius 3 is 2.31 bits per heavy atom. The molecule has 5 rings (SSSR count). The third-order valence-electron chi connectivity index (χ3n) is 7.95. The van der Waals surface area contributed by atoms with E-state index in [0.29, 0.717) is 5.69 Å². The molecule has 0 bridgehead atoms. The molecule has 2 unspecified atom stereocenters. The largest absolute Gasteiger partial charge is 0.374 e. The van der Waals surface area contributed by atoms with Crippen molar-refractivity contribution in [2.45, 2.75) is 30.9 Å². The maximum atomic E-state index is 14.0. The van der Waals surface area contributed by atoms with Gasteiger partial charge >= 0.3 is 10.0 Å². The zero-order chi connectivity index (χ0) is 30.0. The molecule has 0 saturated carbocycles. The van der Waals surface area contributed by atoms with Gasteiger partial charge in [-0.1, -0.05) is 75.7 Å². The number of hydrogen-bond acceptors (Lipinski definition) is 6. The van der Waals surface area contributed by atoms with Crippen molar-refractivity contribution >= 4 is 50.7 Å². The van der Waals surface area contributed by atoms with Gasteiger partial charge in [-0.3, -0.25) is 9.59 Å². The summed E-state index contributed by atoms with van der Waals surface area (Å²) in [6.07, 6.45) is 2.58. The molecule has 2 atom stereocenters. The lowest BCUT2D eigenvalue weighted by molar-refractivity contribution is -0.127. The molecule has 0 aliphatic carbocycles. The Labute approximate surface area is 255 Å². The Kier molecular flexibility index (Phi) is 8.94. The van der Waals surface area contributed by atoms with Crippen LogP contribution in [0.1, 0.15) is 34.3 Å². The number of fused-ring (bicyclic) bond motifs is 2. The number of carbonyl (C=O) groups is 2. The van der Waals surface area contributed by atoms with Gasteiger partial charge in [0.2, 0.25) is 0 Å². The van der Waals surface area contributed by atoms with Gasteiger partial charge in [0, 0.05) is 27.2 Å². The monoisotopic (exact) mass is 631 g/mol. The van der Waals surface area contributed by atoms with E-state index in [1.165, 1.54) is 18.2 Å². The first-order valence-corrected chi connectivity index (χ1v) is 16.2. The van der Waals surface area contributed by atoms with Crippen molar-refractivity contribution in [3.8, 4) is 0 Å². The highest BCUT2D eigenvalue weighted by atomic mass is 35.5. The van der Waals surface area contributed by atoms with Crippen molar-refractivity contribution < 1.29 is 22.7 Å². The van der Waals surface area contributed by atoms with Crippen molar-refractivity contribution in [2.75, 3.05) is 32.5 Å². The molecule has 2 aliphatic rings. The number of amides is 2. The topological polar surface area (TPSA) is 114 Å². The van der Waals surface area contributed by atoms with Gasteiger partial charge < -0.3 is 15.4 Å². The number of nitrogens with one attached hydrogen (secondary N) is 3. The van der Waals surface area contributed by atoms with Gasteiger partial charge in [0.05, 0.1) is 24.9 Å². The summed E-state index contributed by atoms with van der Waals surface area (Å²) in [5.41, 5.74) is 4.85. The summed E-state index contributed by atoms with van der Waals surface area (Å²) in [6, 6.07) is 19.9. The predicted molar refractivity (Wildman–Crippen MR) is 164 cm³/mol. The van der Waals surface area contributed by atoms with Gasteiger partial charge in [0.25, 0.3) is 11.8 Å². The van der Waals surface area contributed by atoms with Crippen molar-refractivity contribution in [1.29, 1.82) is 0 Å². The lowest BCUT2D eigenvalue weighted by Gasteiger charge is -2.36. The Bertz CT molecular complexity index is 1560. The third-order valence-corrected chi connectivity index (χ3v) is 9.94. The maximum absolute atomic E-state index is 14.0. The predicted octanol–water partition coefficient (Wildman–Crippen LogP) is 3.94. The van der Waals surface area contributed by atoms with Gasteiger partial charge in [-0.05, 0) is 49.7 Å². The van der Waals surface area contributed by atoms with Crippen LogP contribution in [0.25, 0.3) is 0 Å². The summed E-state index contributed by atoms with van der Waals surface area (Å²) < 4.78 is 32.3. The first-order valence-electron chi connectivity index (χ1n) is 13.6. The summed E-state index contributed by atoms with van der Waals surface area (Å²) in [6.45, 7) is 1.60. The van der Waals surface area contributed by atoms with Crippen LogP contribution in [0.4, 0.5) is 5.69 Å². The Morgan fingerprint density at radius 2 is 1.64 bits per heavy atom. The van der Waals surface area contributed by atoms with Crippen LogP contribution in [0.5, 0.6) is 0 Å². The molecule has 42 heavy (non-hydrogen) atoms. The zero-order valence-corrected chi connectivity index (χ0v) is 25.4. The second kappa shape index (κ2) is 12.3. The van der Waals surface area contributed by atoms with Gasteiger partial charge in [-0.2, -0.15) is 13.8 Å². The van der Waals surface area contributed by atoms with E-state index in [0.717, 1.165) is 43.3 Å². The van der Waals surface area contributed by atoms with E-state index in [4.69, 9.17) is 27.9 Å². The molecule has 2 heterocycles. The summed E-state index contributed by atoms with van der Waals surface area (Å²) >= 11 is 12.2. The Hall–Kier alpha value is -2.99. The SMILES string of the molecule is CS(=O)(=O)[N+]1(NC(=O)C(COCc2ccccc2)NC(=O)c2cc(Cl)cc(Cl)c2)CC2(CCNCC2)c2ccccc21. The van der Waals surface area contributed by atoms with Crippen LogP contribution >= 0.6 is 23.2 Å². The van der Waals surface area contributed by atoms with E-state index in [-0.39, 0.29) is 35.4 Å². The molecule has 1 fully saturated rings. The van der Waals surface area contributed by atoms with E-state index < -0.39 is 37.3 Å². The molecule has 222 valence electrons. The highest BCUT2D eigenvalue weighted by molar-refractivity contribution is 7.90. The molecule has 3 aromatic carbocycles. The van der Waals surface area contributed by atoms with Gasteiger partial charge in [-0.25, -0.2) is 0 Å². The van der Waals surface area contributed by atoms with Crippen molar-refractivity contribution in [1.82, 2.24) is 20.1 Å². The lowest BCUT2D eigenvalue weighted by atomic mass is 9.75. The van der Waals surface area contributed by atoms with Crippen LogP contribution in [0.2, 0.25) is 10.0 Å². The minimum atomic E-state index is -3.94. The van der Waals surface area contributed by atoms with E-state index >= 15 is 0 Å². The first-order chi connectivity index (χ1) is 20.0. The molecule has 3 aromatic rings. The number of halogens is 2. The minimum Gasteiger partial charge on any atom is -0.374 e. The van der Waals surface area contributed by atoms with Crippen LogP contribution in [0, 0.1) is 0 Å². The molecular weight excluding hydrogens is 599 g/mol. The number of piperidine rings is 1. The Morgan fingerprint density at radius 1 is 1.00 bits per heavy atom. The van der Waals surface area contributed by atoms with E-state index in [2.05, 4.69) is 16.1 Å². The number of para-hydroxylation sites is 1. The molecule has 12 heteroatoms. The molecule has 0 aromatic heterocycles. The summed E-state index contributed by atoms with van der Waals surface area (Å²) in [7, 11) is -3.94. The number of carbonyl (C=O) groups excluding carboxylic acids is 2. The number of benzene rings is 3. The van der Waals surface area contributed by atoms with E-state index in [9.17, 15) is 18.0 Å². The fraction of sp³-hybridized carbons (Fsp3) is 0.333. The molecule has 9 nitrogen and oxygen atoms in total. The van der Waals surface area contributed by atoms with Crippen molar-refractivity contribution in [2.24, 2.45) is 0 Å². The van der Waals surface area contributed by atoms with E-state index in [1.807, 2.05) is 42.5 Å². The standard InChI is InChI=1S/C30H32Cl2N4O5S/c1-42(39,40)36(20-30(11-13-33-14-12-30)25-9-5-6-10-27(25)36)35-29(38)26(19-41-18-21-7-3-2-4-8-21)34-28(37)22-15-23(31)17-24(32)16-22/h2-10,15-17,26,33H,11-14,18-20H2,1H3,(H-,34,35,37,38)/p+1. The highest BCUT2D eigenvalue weighted by Crippen LogP contribution is 2.50. The molecule has 2 aliphatic heterocycles. The second-order valence-electron chi connectivity index (χ2n) is 10.8. The second-order valence-corrected chi connectivity index (χ2v) is 13.8. The third kappa shape index (κ3) is 6.20. The highest BCUT2D eigenvalue weighted by Gasteiger charge is 2.60. The smallest absolute Gasteiger partial charge is 0.321 e. The lowest BCUT2D eigenvalue weighted by Crippen LogP contribution is -2.68. The molecule has 1 spiro atoms. The minimum absolute atomic E-state index is 0.147. The van der Waals surface area contributed by atoms with Gasteiger partial charge in [0.15, 0.2) is 5.69 Å². The zero-order valence-electron chi connectivity index (χ0n) is 23.1. The number of hydrogen-bond donors (Lipinski definition) is 3. The average Bonchev–Trinajstić information content (AvgIpc) is 3.22. The van der Waals surface area contributed by atoms with Crippen LogP contribution < -0.4 is 20.1 Å². The van der Waals surface area contributed by atoms with Gasteiger partial charge in [0.1, 0.15) is 12.6 Å². The van der Waals surface area contributed by atoms with Crippen LogP contribution in [0.3, 0.4) is 0 Å². The molecular formula is C30H33Cl2N4O5S+. The average molecular weight is 633 g/mol. The number of nitrogens with zero attached hydrogens (tertiary/aromatic N) is 1. The molecule has 1 saturated heterocycles. The van der Waals surface area contributed by atoms with Crippen molar-refractivity contribution in [3.05, 3.63) is 99.5 Å². The number of ether oxygens (including phenoxy) is 1. The quantitative estimate of drug-likeness (QED) is 0.308. The Balaban J connectivity index is 1.46. The maximum Gasteiger partial charge on any atom is 0.321 e. The first kappa shape index (κ1) is 30.5. The summed E-state index contributed by atoms with van der Waals surface area (Å²) in [5, 5.41) is 6.57. The van der Waals surface area contributed by atoms with Gasteiger partial charge in [-0.15, -0.1) is 0 Å². The van der Waals surface area contributed by atoms with Crippen molar-refractivity contribution in [3.63, 3.8) is 0 Å². The fourth-order valence-corrected chi connectivity index (χ4v) is 7.66. The molecule has 0 radical (unpaired) electrons. The number of quaternary nitrogens is 1.